The van der Waals surface area contributed by atoms with Gasteiger partial charge in [-0.1, -0.05) is 12.2 Å². The first-order valence-electron chi connectivity index (χ1n) is 7.08. The molecule has 1 atom stereocenters. The Kier molecular flexibility index (Phi) is 5.36. The second kappa shape index (κ2) is 7.24. The number of aliphatic hydroxyl groups excluding tert-OH is 1. The van der Waals surface area contributed by atoms with Crippen molar-refractivity contribution >= 4 is 5.97 Å². The van der Waals surface area contributed by atoms with E-state index in [4.69, 9.17) is 9.84 Å². The summed E-state index contributed by atoms with van der Waals surface area (Å²) in [4.78, 5) is 12.9. The number of piperidine rings is 1. The lowest BCUT2D eigenvalue weighted by Crippen LogP contribution is -2.39. The molecule has 5 nitrogen and oxygen atoms in total. The summed E-state index contributed by atoms with van der Waals surface area (Å²) < 4.78 is 5.48. The summed E-state index contributed by atoms with van der Waals surface area (Å²) in [6, 6.07) is 6.17. The first kappa shape index (κ1) is 15.5. The van der Waals surface area contributed by atoms with Crippen molar-refractivity contribution in [3.63, 3.8) is 0 Å². The van der Waals surface area contributed by atoms with Gasteiger partial charge < -0.3 is 14.9 Å². The van der Waals surface area contributed by atoms with E-state index >= 15 is 0 Å². The van der Waals surface area contributed by atoms with Gasteiger partial charge in [0.1, 0.15) is 18.5 Å². The largest absolute Gasteiger partial charge is 0.491 e. The summed E-state index contributed by atoms with van der Waals surface area (Å²) in [6.45, 7) is 6.62. The maximum absolute atomic E-state index is 10.7. The van der Waals surface area contributed by atoms with Gasteiger partial charge >= 0.3 is 5.97 Å². The summed E-state index contributed by atoms with van der Waals surface area (Å²) >= 11 is 0. The average Bonchev–Trinajstić information content (AvgIpc) is 2.48. The van der Waals surface area contributed by atoms with E-state index < -0.39 is 12.1 Å². The summed E-state index contributed by atoms with van der Waals surface area (Å²) in [5.74, 6) is -0.403. The number of carboxylic acids is 1. The van der Waals surface area contributed by atoms with Gasteiger partial charge in [0.15, 0.2) is 0 Å². The minimum atomic E-state index is -0.965. The van der Waals surface area contributed by atoms with Crippen LogP contribution in [0.3, 0.4) is 0 Å². The zero-order chi connectivity index (χ0) is 15.2. The molecule has 1 aliphatic heterocycles. The topological polar surface area (TPSA) is 70.0 Å². The molecule has 0 aromatic heterocycles. The molecule has 1 aromatic carbocycles. The van der Waals surface area contributed by atoms with Gasteiger partial charge in [-0.15, -0.1) is 0 Å². The van der Waals surface area contributed by atoms with Gasteiger partial charge in [-0.3, -0.25) is 4.90 Å². The van der Waals surface area contributed by atoms with Gasteiger partial charge in [-0.25, -0.2) is 4.79 Å². The highest BCUT2D eigenvalue weighted by molar-refractivity contribution is 5.87. The zero-order valence-electron chi connectivity index (χ0n) is 12.0. The van der Waals surface area contributed by atoms with Crippen LogP contribution in [0.4, 0.5) is 0 Å². The van der Waals surface area contributed by atoms with E-state index in [1.54, 1.807) is 12.1 Å². The Balaban J connectivity index is 1.74. The molecule has 0 spiro atoms. The van der Waals surface area contributed by atoms with Crippen LogP contribution in [0.2, 0.25) is 0 Å². The smallest absolute Gasteiger partial charge is 0.335 e. The van der Waals surface area contributed by atoms with Crippen LogP contribution < -0.4 is 4.74 Å². The molecule has 1 unspecified atom stereocenters. The van der Waals surface area contributed by atoms with E-state index in [0.717, 1.165) is 25.9 Å². The van der Waals surface area contributed by atoms with Crippen LogP contribution in [-0.4, -0.2) is 53.4 Å². The lowest BCUT2D eigenvalue weighted by Gasteiger charge is -2.29. The molecule has 0 bridgehead atoms. The van der Waals surface area contributed by atoms with E-state index in [1.807, 2.05) is 0 Å². The number of hydrogen-bond donors (Lipinski definition) is 2. The molecule has 1 saturated heterocycles. The Morgan fingerprint density at radius 2 is 1.90 bits per heavy atom. The van der Waals surface area contributed by atoms with Crippen molar-refractivity contribution in [2.45, 2.75) is 18.9 Å². The third-order valence-electron chi connectivity index (χ3n) is 3.58. The standard InChI is InChI=1S/C16H21NO4/c1-12-6-8-17(9-7-12)10-14(18)11-21-15-4-2-13(3-5-15)16(19)20/h2-5,14,18H,1,6-11H2,(H,19,20). The molecule has 1 aliphatic rings. The molecule has 1 heterocycles. The van der Waals surface area contributed by atoms with Gasteiger partial charge in [0.05, 0.1) is 5.56 Å². The Labute approximate surface area is 124 Å². The van der Waals surface area contributed by atoms with Gasteiger partial charge in [0.2, 0.25) is 0 Å². The number of nitrogens with zero attached hydrogens (tertiary/aromatic N) is 1. The first-order chi connectivity index (χ1) is 10.0. The molecule has 0 amide bonds. The average molecular weight is 291 g/mol. The van der Waals surface area contributed by atoms with Crippen LogP contribution in [0.25, 0.3) is 0 Å². The number of ether oxygens (including phenoxy) is 1. The third-order valence-corrected chi connectivity index (χ3v) is 3.58. The summed E-state index contributed by atoms with van der Waals surface area (Å²) in [5, 5.41) is 18.8. The van der Waals surface area contributed by atoms with Gasteiger partial charge in [0.25, 0.3) is 0 Å². The Bertz CT molecular complexity index is 488. The molecule has 0 saturated carbocycles. The van der Waals surface area contributed by atoms with E-state index in [2.05, 4.69) is 11.5 Å². The molecule has 0 radical (unpaired) electrons. The summed E-state index contributed by atoms with van der Waals surface area (Å²) in [7, 11) is 0. The number of aliphatic hydroxyl groups is 1. The zero-order valence-corrected chi connectivity index (χ0v) is 12.0. The highest BCUT2D eigenvalue weighted by Gasteiger charge is 2.16. The SMILES string of the molecule is C=C1CCN(CC(O)COc2ccc(C(=O)O)cc2)CC1. The fourth-order valence-corrected chi connectivity index (χ4v) is 2.29. The minimum absolute atomic E-state index is 0.198. The van der Waals surface area contributed by atoms with Crippen LogP contribution >= 0.6 is 0 Å². The van der Waals surface area contributed by atoms with E-state index in [-0.39, 0.29) is 12.2 Å². The lowest BCUT2D eigenvalue weighted by molar-refractivity contribution is 0.0653. The quantitative estimate of drug-likeness (QED) is 0.782. The van der Waals surface area contributed by atoms with E-state index in [9.17, 15) is 9.90 Å². The number of hydrogen-bond acceptors (Lipinski definition) is 4. The molecule has 0 aliphatic carbocycles. The molecule has 2 rings (SSSR count). The maximum Gasteiger partial charge on any atom is 0.335 e. The Hall–Kier alpha value is -1.85. The van der Waals surface area contributed by atoms with Crippen LogP contribution in [0.1, 0.15) is 23.2 Å². The molecule has 1 aromatic rings. The van der Waals surface area contributed by atoms with Crippen molar-refractivity contribution < 1.29 is 19.7 Å². The van der Waals surface area contributed by atoms with Crippen molar-refractivity contribution in [2.24, 2.45) is 0 Å². The van der Waals surface area contributed by atoms with E-state index in [0.29, 0.717) is 12.3 Å². The van der Waals surface area contributed by atoms with Crippen LogP contribution in [0.15, 0.2) is 36.4 Å². The van der Waals surface area contributed by atoms with E-state index in [1.165, 1.54) is 17.7 Å². The van der Waals surface area contributed by atoms with Gasteiger partial charge in [-0.2, -0.15) is 0 Å². The highest BCUT2D eigenvalue weighted by Crippen LogP contribution is 2.15. The Morgan fingerprint density at radius 1 is 1.29 bits per heavy atom. The third kappa shape index (κ3) is 4.88. The summed E-state index contributed by atoms with van der Waals surface area (Å²) in [5.41, 5.74) is 1.49. The minimum Gasteiger partial charge on any atom is -0.491 e. The summed E-state index contributed by atoms with van der Waals surface area (Å²) in [6.07, 6.45) is 1.42. The number of likely N-dealkylation sites (tertiary alicyclic amines) is 1. The number of benzene rings is 1. The first-order valence-corrected chi connectivity index (χ1v) is 7.08. The molecule has 5 heteroatoms. The van der Waals surface area contributed by atoms with Crippen molar-refractivity contribution in [2.75, 3.05) is 26.2 Å². The predicted molar refractivity (Wildman–Crippen MR) is 79.7 cm³/mol. The maximum atomic E-state index is 10.7. The fraction of sp³-hybridized carbons (Fsp3) is 0.438. The van der Waals surface area contributed by atoms with Gasteiger partial charge in [-0.05, 0) is 37.1 Å². The van der Waals surface area contributed by atoms with Crippen molar-refractivity contribution in [1.29, 1.82) is 0 Å². The Morgan fingerprint density at radius 3 is 2.48 bits per heavy atom. The molecule has 1 fully saturated rings. The number of carboxylic acid groups (broad SMARTS) is 1. The van der Waals surface area contributed by atoms with Crippen molar-refractivity contribution in [3.05, 3.63) is 42.0 Å². The second-order valence-corrected chi connectivity index (χ2v) is 5.34. The predicted octanol–water partition coefficient (Wildman–Crippen LogP) is 1.78. The van der Waals surface area contributed by atoms with Crippen molar-refractivity contribution in [1.82, 2.24) is 4.90 Å². The number of rotatable bonds is 6. The molecule has 114 valence electrons. The molecular weight excluding hydrogens is 270 g/mol. The fourth-order valence-electron chi connectivity index (χ4n) is 2.29. The van der Waals surface area contributed by atoms with Crippen molar-refractivity contribution in [3.8, 4) is 5.75 Å². The number of β-amino-alcohol motifs (C(OH)–C–C–N with tert-alkyl or cyclic N) is 1. The normalized spacial score (nSPS) is 17.5. The number of aromatic carboxylic acids is 1. The van der Waals surface area contributed by atoms with Crippen LogP contribution in [0, 0.1) is 0 Å². The molecule has 21 heavy (non-hydrogen) atoms. The molecule has 2 N–H and O–H groups in total. The lowest BCUT2D eigenvalue weighted by atomic mass is 10.1. The second-order valence-electron chi connectivity index (χ2n) is 5.34. The highest BCUT2D eigenvalue weighted by atomic mass is 16.5. The monoisotopic (exact) mass is 291 g/mol. The van der Waals surface area contributed by atoms with Crippen LogP contribution in [0.5, 0.6) is 5.75 Å². The van der Waals surface area contributed by atoms with Gasteiger partial charge in [0, 0.05) is 19.6 Å². The van der Waals surface area contributed by atoms with Crippen LogP contribution in [-0.2, 0) is 0 Å². The molecular formula is C16H21NO4. The number of carbonyl (C=O) groups is 1.